The third-order valence-electron chi connectivity index (χ3n) is 4.63. The molecule has 1 amide bonds. The van der Waals surface area contributed by atoms with Gasteiger partial charge in [-0.15, -0.1) is 0 Å². The maximum Gasteiger partial charge on any atom is 0.407 e. The van der Waals surface area contributed by atoms with Crippen molar-refractivity contribution in [2.75, 3.05) is 29.9 Å². The van der Waals surface area contributed by atoms with Crippen LogP contribution in [0.5, 0.6) is 5.75 Å². The minimum atomic E-state index is -3.31. The molecule has 1 aromatic carbocycles. The van der Waals surface area contributed by atoms with Crippen LogP contribution in [-0.2, 0) is 4.74 Å². The number of amides is 1. The van der Waals surface area contributed by atoms with E-state index in [1.54, 1.807) is 31.7 Å². The van der Waals surface area contributed by atoms with Crippen LogP contribution in [-0.4, -0.2) is 54.3 Å². The minimum Gasteiger partial charge on any atom is -0.444 e. The molecule has 184 valence electrons. The topological polar surface area (TPSA) is 99.6 Å². The first kappa shape index (κ1) is 25.1. The molecule has 3 rings (SSSR count). The molecular formula is C23H28F3N5O3. The van der Waals surface area contributed by atoms with E-state index < -0.39 is 24.0 Å². The fourth-order valence-corrected chi connectivity index (χ4v) is 3.24. The molecule has 3 N–H and O–H groups in total. The van der Waals surface area contributed by atoms with Crippen LogP contribution in [0.1, 0.15) is 33.3 Å². The summed E-state index contributed by atoms with van der Waals surface area (Å²) in [4.78, 5) is 18.1. The summed E-state index contributed by atoms with van der Waals surface area (Å²) in [5.41, 5.74) is 0.824. The van der Waals surface area contributed by atoms with Crippen molar-refractivity contribution in [1.29, 1.82) is 5.41 Å². The number of anilines is 3. The molecule has 0 bridgehead atoms. The Kier molecular flexibility index (Phi) is 7.23. The summed E-state index contributed by atoms with van der Waals surface area (Å²) >= 11 is 0. The van der Waals surface area contributed by atoms with E-state index in [0.29, 0.717) is 29.7 Å². The quantitative estimate of drug-likeness (QED) is 0.468. The summed E-state index contributed by atoms with van der Waals surface area (Å²) < 4.78 is 49.4. The summed E-state index contributed by atoms with van der Waals surface area (Å²) in [7, 11) is 0. The van der Waals surface area contributed by atoms with Crippen molar-refractivity contribution in [1.82, 2.24) is 10.3 Å². The second-order valence-electron chi connectivity index (χ2n) is 8.95. The Bertz CT molecular complexity index is 1030. The number of hydrogen-bond acceptors (Lipinski definition) is 7. The lowest BCUT2D eigenvalue weighted by atomic mass is 10.0. The number of carbonyl (C=O) groups is 1. The van der Waals surface area contributed by atoms with Crippen molar-refractivity contribution in [3.63, 3.8) is 0 Å². The van der Waals surface area contributed by atoms with E-state index in [2.05, 4.69) is 20.4 Å². The molecule has 2 heterocycles. The number of alkyl carbamates (subject to hydrolysis) is 1. The lowest BCUT2D eigenvalue weighted by molar-refractivity contribution is -0.158. The van der Waals surface area contributed by atoms with Crippen LogP contribution in [0, 0.1) is 5.41 Å². The molecule has 8 nitrogen and oxygen atoms in total. The van der Waals surface area contributed by atoms with E-state index in [1.807, 2.05) is 0 Å². The second-order valence-corrected chi connectivity index (χ2v) is 8.95. The molecule has 1 aliphatic rings. The number of alkyl halides is 3. The molecule has 0 aliphatic carbocycles. The van der Waals surface area contributed by atoms with Gasteiger partial charge in [-0.05, 0) is 51.1 Å². The maximum atomic E-state index is 13.5. The molecule has 0 saturated carbocycles. The van der Waals surface area contributed by atoms with Crippen LogP contribution in [0.3, 0.4) is 0 Å². The number of aromatic nitrogens is 1. The molecule has 1 saturated heterocycles. The fraction of sp³-hybridized carbons (Fsp3) is 0.435. The number of hydrogen-bond donors (Lipinski definition) is 3. The van der Waals surface area contributed by atoms with Gasteiger partial charge in [-0.3, -0.25) is 0 Å². The van der Waals surface area contributed by atoms with Crippen LogP contribution < -0.4 is 20.3 Å². The highest BCUT2D eigenvalue weighted by Gasteiger charge is 2.30. The Morgan fingerprint density at radius 2 is 1.82 bits per heavy atom. The molecule has 34 heavy (non-hydrogen) atoms. The summed E-state index contributed by atoms with van der Waals surface area (Å²) in [6.45, 7) is 6.06. The van der Waals surface area contributed by atoms with Gasteiger partial charge in [-0.2, -0.15) is 8.78 Å². The summed E-state index contributed by atoms with van der Waals surface area (Å²) in [6.07, 6.45) is -3.42. The molecule has 1 fully saturated rings. The van der Waals surface area contributed by atoms with Crippen LogP contribution in [0.25, 0.3) is 0 Å². The lowest BCUT2D eigenvalue weighted by Gasteiger charge is -2.38. The van der Waals surface area contributed by atoms with Gasteiger partial charge in [0.15, 0.2) is 0 Å². The average molecular weight is 480 g/mol. The largest absolute Gasteiger partial charge is 0.444 e. The van der Waals surface area contributed by atoms with E-state index in [1.165, 1.54) is 30.5 Å². The van der Waals surface area contributed by atoms with E-state index >= 15 is 0 Å². The molecule has 2 aromatic rings. The van der Waals surface area contributed by atoms with Crippen molar-refractivity contribution in [3.05, 3.63) is 42.1 Å². The SMILES string of the molecule is CC(C)(C)OC(=O)NCC(=N)c1c(N2CC(F)C2)ccnc1Nc1ccc(OC(C)(F)F)cc1. The first-order valence-corrected chi connectivity index (χ1v) is 10.7. The fourth-order valence-electron chi connectivity index (χ4n) is 3.24. The highest BCUT2D eigenvalue weighted by molar-refractivity contribution is 6.09. The van der Waals surface area contributed by atoms with Gasteiger partial charge in [-0.1, -0.05) is 0 Å². The molecule has 0 spiro atoms. The number of halogens is 3. The number of rotatable bonds is 8. The number of benzene rings is 1. The molecule has 0 unspecified atom stereocenters. The first-order valence-electron chi connectivity index (χ1n) is 10.7. The zero-order chi connectivity index (χ0) is 25.1. The van der Waals surface area contributed by atoms with Crippen molar-refractivity contribution < 1.29 is 27.4 Å². The monoisotopic (exact) mass is 479 g/mol. The van der Waals surface area contributed by atoms with E-state index in [9.17, 15) is 18.0 Å². The molecule has 11 heteroatoms. The number of carbonyl (C=O) groups excluding carboxylic acids is 1. The molecule has 1 aliphatic heterocycles. The Morgan fingerprint density at radius 3 is 2.38 bits per heavy atom. The van der Waals surface area contributed by atoms with Gasteiger partial charge in [-0.25, -0.2) is 14.2 Å². The van der Waals surface area contributed by atoms with E-state index in [4.69, 9.17) is 10.1 Å². The van der Waals surface area contributed by atoms with Crippen LogP contribution in [0.15, 0.2) is 36.5 Å². The average Bonchev–Trinajstić information content (AvgIpc) is 2.68. The van der Waals surface area contributed by atoms with Gasteiger partial charge < -0.3 is 30.4 Å². The molecule has 1 aromatic heterocycles. The second kappa shape index (κ2) is 9.78. The van der Waals surface area contributed by atoms with Crippen molar-refractivity contribution in [2.24, 2.45) is 0 Å². The van der Waals surface area contributed by atoms with Crippen LogP contribution in [0.4, 0.5) is 35.2 Å². The van der Waals surface area contributed by atoms with Gasteiger partial charge in [0.1, 0.15) is 23.3 Å². The first-order chi connectivity index (χ1) is 15.8. The summed E-state index contributed by atoms with van der Waals surface area (Å²) in [6, 6.07) is 7.49. The number of ether oxygens (including phenoxy) is 2. The Balaban J connectivity index is 1.82. The lowest BCUT2D eigenvalue weighted by Crippen LogP contribution is -2.49. The maximum absolute atomic E-state index is 13.5. The molecular weight excluding hydrogens is 451 g/mol. The standard InChI is InChI=1S/C23H28F3N5O3/c1-22(2,3)34-21(32)29-11-17(27)19-18(31-12-14(24)13-31)9-10-28-20(19)30-15-5-7-16(8-6-15)33-23(4,25)26/h5-10,14,27H,11-13H2,1-4H3,(H,28,30)(H,29,32). The Labute approximate surface area is 196 Å². The van der Waals surface area contributed by atoms with Gasteiger partial charge in [0, 0.05) is 18.8 Å². The number of nitrogens with one attached hydrogen (secondary N) is 3. The van der Waals surface area contributed by atoms with Gasteiger partial charge >= 0.3 is 12.2 Å². The normalized spacial score (nSPS) is 14.3. The van der Waals surface area contributed by atoms with Crippen molar-refractivity contribution in [3.8, 4) is 5.75 Å². The zero-order valence-electron chi connectivity index (χ0n) is 19.4. The number of pyridine rings is 1. The van der Waals surface area contributed by atoms with Crippen molar-refractivity contribution >= 4 is 29.0 Å². The highest BCUT2D eigenvalue weighted by atomic mass is 19.3. The minimum absolute atomic E-state index is 0.0103. The van der Waals surface area contributed by atoms with E-state index in [0.717, 1.165) is 0 Å². The summed E-state index contributed by atoms with van der Waals surface area (Å²) in [5.74, 6) is 0.286. The van der Waals surface area contributed by atoms with Crippen molar-refractivity contribution in [2.45, 2.75) is 45.6 Å². The van der Waals surface area contributed by atoms with Gasteiger partial charge in [0.2, 0.25) is 0 Å². The highest BCUT2D eigenvalue weighted by Crippen LogP contribution is 2.32. The Hall–Kier alpha value is -3.50. The third-order valence-corrected chi connectivity index (χ3v) is 4.63. The predicted octanol–water partition coefficient (Wildman–Crippen LogP) is 4.87. The van der Waals surface area contributed by atoms with Gasteiger partial charge in [0.25, 0.3) is 0 Å². The molecule has 0 atom stereocenters. The number of nitrogens with zero attached hydrogens (tertiary/aromatic N) is 2. The van der Waals surface area contributed by atoms with Gasteiger partial charge in [0.05, 0.1) is 36.6 Å². The van der Waals surface area contributed by atoms with E-state index in [-0.39, 0.29) is 31.1 Å². The molecule has 0 radical (unpaired) electrons. The van der Waals surface area contributed by atoms with Crippen LogP contribution >= 0.6 is 0 Å². The zero-order valence-corrected chi connectivity index (χ0v) is 19.4. The Morgan fingerprint density at radius 1 is 1.18 bits per heavy atom. The summed E-state index contributed by atoms with van der Waals surface area (Å²) in [5, 5.41) is 14.2. The third kappa shape index (κ3) is 7.00. The predicted molar refractivity (Wildman–Crippen MR) is 123 cm³/mol. The smallest absolute Gasteiger partial charge is 0.407 e. The van der Waals surface area contributed by atoms with Crippen LogP contribution in [0.2, 0.25) is 0 Å².